The number of carboxylic acids is 2. The van der Waals surface area contributed by atoms with Crippen LogP contribution in [-0.4, -0.2) is 31.8 Å². The maximum absolute atomic E-state index is 10.8. The normalized spacial score (nSPS) is 37.9. The van der Waals surface area contributed by atoms with Crippen molar-refractivity contribution in [2.75, 3.05) is 0 Å². The predicted octanol–water partition coefficient (Wildman–Crippen LogP) is 1.71. The fraction of sp³-hybridized carbons (Fsp3) is 0.750. The van der Waals surface area contributed by atoms with Crippen LogP contribution >= 0.6 is 31.9 Å². The third-order valence-corrected chi connectivity index (χ3v) is 5.20. The lowest BCUT2D eigenvalue weighted by atomic mass is 9.79. The van der Waals surface area contributed by atoms with E-state index in [1.54, 1.807) is 0 Å². The van der Waals surface area contributed by atoms with Gasteiger partial charge in [0.2, 0.25) is 0 Å². The minimum absolute atomic E-state index is 0.0270. The van der Waals surface area contributed by atoms with Crippen LogP contribution in [0.4, 0.5) is 0 Å². The molecule has 0 amide bonds. The first-order chi connectivity index (χ1) is 6.43. The molecule has 1 aliphatic carbocycles. The summed E-state index contributed by atoms with van der Waals surface area (Å²) in [6, 6.07) is 0. The molecule has 80 valence electrons. The molecule has 4 atom stereocenters. The minimum atomic E-state index is -1.03. The van der Waals surface area contributed by atoms with Crippen LogP contribution in [0.15, 0.2) is 0 Å². The highest BCUT2D eigenvalue weighted by molar-refractivity contribution is 9.12. The smallest absolute Gasteiger partial charge is 0.307 e. The standard InChI is InChI=1S/C8H10Br2O4/c9-5-1-3(7(11)12)4(8(13)14)2-6(5)10/h3-6H,1-2H2,(H,11,12)(H,13,14)/t3-,4-,5-,6+/m1/s1. The van der Waals surface area contributed by atoms with Crippen molar-refractivity contribution in [3.8, 4) is 0 Å². The number of halogens is 2. The highest BCUT2D eigenvalue weighted by Crippen LogP contribution is 2.37. The first kappa shape index (κ1) is 12.0. The molecule has 4 nitrogen and oxygen atoms in total. The molecule has 14 heavy (non-hydrogen) atoms. The van der Waals surface area contributed by atoms with Crippen molar-refractivity contribution in [2.24, 2.45) is 11.8 Å². The SMILES string of the molecule is O=C(O)[C@@H]1C[C@@H](Br)[C@@H](Br)C[C@H]1C(=O)O. The van der Waals surface area contributed by atoms with Gasteiger partial charge in [0.05, 0.1) is 11.8 Å². The lowest BCUT2D eigenvalue weighted by Gasteiger charge is -2.32. The van der Waals surface area contributed by atoms with E-state index in [-0.39, 0.29) is 9.65 Å². The lowest BCUT2D eigenvalue weighted by Crippen LogP contribution is -2.40. The molecular weight excluding hydrogens is 320 g/mol. The molecule has 0 unspecified atom stereocenters. The van der Waals surface area contributed by atoms with E-state index in [2.05, 4.69) is 31.9 Å². The third-order valence-electron chi connectivity index (χ3n) is 2.47. The number of alkyl halides is 2. The molecule has 2 N–H and O–H groups in total. The molecule has 0 aromatic carbocycles. The molecule has 1 rings (SSSR count). The molecule has 0 aromatic heterocycles. The van der Waals surface area contributed by atoms with Gasteiger partial charge >= 0.3 is 11.9 Å². The number of carbonyl (C=O) groups is 2. The fourth-order valence-corrected chi connectivity index (χ4v) is 2.89. The Hall–Kier alpha value is -0.100. The Morgan fingerprint density at radius 2 is 1.21 bits per heavy atom. The Morgan fingerprint density at radius 1 is 0.929 bits per heavy atom. The largest absolute Gasteiger partial charge is 0.481 e. The molecular formula is C8H10Br2O4. The third kappa shape index (κ3) is 2.48. The van der Waals surface area contributed by atoms with Gasteiger partial charge in [-0.3, -0.25) is 9.59 Å². The van der Waals surface area contributed by atoms with Crippen LogP contribution in [0.1, 0.15) is 12.8 Å². The van der Waals surface area contributed by atoms with E-state index < -0.39 is 23.8 Å². The van der Waals surface area contributed by atoms with E-state index in [4.69, 9.17) is 10.2 Å². The second-order valence-electron chi connectivity index (χ2n) is 3.39. The summed E-state index contributed by atoms with van der Waals surface area (Å²) in [4.78, 5) is 21.7. The molecule has 0 heterocycles. The van der Waals surface area contributed by atoms with Gasteiger partial charge in [-0.15, -0.1) is 0 Å². The number of hydrogen-bond acceptors (Lipinski definition) is 2. The van der Waals surface area contributed by atoms with Gasteiger partial charge in [-0.05, 0) is 12.8 Å². The Balaban J connectivity index is 2.80. The minimum Gasteiger partial charge on any atom is -0.481 e. The summed E-state index contributed by atoms with van der Waals surface area (Å²) >= 11 is 6.67. The number of carboxylic acid groups (broad SMARTS) is 2. The van der Waals surface area contributed by atoms with E-state index in [0.29, 0.717) is 12.8 Å². The van der Waals surface area contributed by atoms with Gasteiger partial charge in [-0.25, -0.2) is 0 Å². The monoisotopic (exact) mass is 328 g/mol. The summed E-state index contributed by atoms with van der Waals surface area (Å²) in [5.41, 5.74) is 0. The molecule has 6 heteroatoms. The van der Waals surface area contributed by atoms with Gasteiger partial charge in [0, 0.05) is 9.65 Å². The van der Waals surface area contributed by atoms with Gasteiger partial charge in [0.25, 0.3) is 0 Å². The lowest BCUT2D eigenvalue weighted by molar-refractivity contribution is -0.155. The highest BCUT2D eigenvalue weighted by atomic mass is 79.9. The van der Waals surface area contributed by atoms with Crippen LogP contribution in [-0.2, 0) is 9.59 Å². The Labute approximate surface area is 97.9 Å². The second-order valence-corrected chi connectivity index (χ2v) is 5.75. The molecule has 0 radical (unpaired) electrons. The summed E-state index contributed by atoms with van der Waals surface area (Å²) in [7, 11) is 0. The van der Waals surface area contributed by atoms with Crippen molar-refractivity contribution >= 4 is 43.8 Å². The number of hydrogen-bond donors (Lipinski definition) is 2. The molecule has 0 spiro atoms. The molecule has 0 bridgehead atoms. The van der Waals surface area contributed by atoms with Crippen molar-refractivity contribution in [2.45, 2.75) is 22.5 Å². The Bertz CT molecular complexity index is 230. The van der Waals surface area contributed by atoms with Crippen LogP contribution < -0.4 is 0 Å². The van der Waals surface area contributed by atoms with Crippen molar-refractivity contribution in [1.29, 1.82) is 0 Å². The van der Waals surface area contributed by atoms with Crippen LogP contribution in [0.2, 0.25) is 0 Å². The predicted molar refractivity (Wildman–Crippen MR) is 56.9 cm³/mol. The van der Waals surface area contributed by atoms with Gasteiger partial charge in [-0.1, -0.05) is 31.9 Å². The van der Waals surface area contributed by atoms with Crippen LogP contribution in [0.5, 0.6) is 0 Å². The zero-order valence-corrected chi connectivity index (χ0v) is 10.4. The molecule has 1 saturated carbocycles. The summed E-state index contributed by atoms with van der Waals surface area (Å²) in [6.45, 7) is 0. The first-order valence-corrected chi connectivity index (χ1v) is 6.00. The second kappa shape index (κ2) is 4.61. The van der Waals surface area contributed by atoms with Crippen LogP contribution in [0.3, 0.4) is 0 Å². The zero-order chi connectivity index (χ0) is 10.9. The molecule has 1 aliphatic rings. The maximum atomic E-state index is 10.8. The first-order valence-electron chi connectivity index (χ1n) is 4.17. The zero-order valence-electron chi connectivity index (χ0n) is 7.19. The maximum Gasteiger partial charge on any atom is 0.307 e. The topological polar surface area (TPSA) is 74.6 Å². The van der Waals surface area contributed by atoms with Gasteiger partial charge in [0.15, 0.2) is 0 Å². The van der Waals surface area contributed by atoms with Gasteiger partial charge in [-0.2, -0.15) is 0 Å². The van der Waals surface area contributed by atoms with Gasteiger partial charge < -0.3 is 10.2 Å². The Kier molecular flexibility index (Phi) is 3.94. The average Bonchev–Trinajstić information content (AvgIpc) is 2.08. The molecule has 0 saturated heterocycles. The van der Waals surface area contributed by atoms with E-state index in [0.717, 1.165) is 0 Å². The summed E-state index contributed by atoms with van der Waals surface area (Å²) in [5.74, 6) is -3.63. The molecule has 0 aromatic rings. The fourth-order valence-electron chi connectivity index (χ4n) is 1.65. The van der Waals surface area contributed by atoms with E-state index in [1.807, 2.05) is 0 Å². The average molecular weight is 330 g/mol. The molecule has 0 aliphatic heterocycles. The van der Waals surface area contributed by atoms with Crippen molar-refractivity contribution in [1.82, 2.24) is 0 Å². The van der Waals surface area contributed by atoms with E-state index in [1.165, 1.54) is 0 Å². The van der Waals surface area contributed by atoms with Crippen LogP contribution in [0.25, 0.3) is 0 Å². The summed E-state index contributed by atoms with van der Waals surface area (Å²) < 4.78 is 0. The number of aliphatic carboxylic acids is 2. The van der Waals surface area contributed by atoms with E-state index in [9.17, 15) is 9.59 Å². The Morgan fingerprint density at radius 3 is 1.43 bits per heavy atom. The summed E-state index contributed by atoms with van der Waals surface area (Å²) in [5, 5.41) is 17.7. The molecule has 1 fully saturated rings. The van der Waals surface area contributed by atoms with Crippen molar-refractivity contribution in [3.63, 3.8) is 0 Å². The number of rotatable bonds is 2. The van der Waals surface area contributed by atoms with E-state index >= 15 is 0 Å². The van der Waals surface area contributed by atoms with Crippen molar-refractivity contribution in [3.05, 3.63) is 0 Å². The van der Waals surface area contributed by atoms with Gasteiger partial charge in [0.1, 0.15) is 0 Å². The highest BCUT2D eigenvalue weighted by Gasteiger charge is 2.42. The van der Waals surface area contributed by atoms with Crippen LogP contribution in [0, 0.1) is 11.8 Å². The quantitative estimate of drug-likeness (QED) is 0.756. The summed E-state index contributed by atoms with van der Waals surface area (Å²) in [6.07, 6.45) is 0.699. The van der Waals surface area contributed by atoms with Crippen molar-refractivity contribution < 1.29 is 19.8 Å².